The molecule has 0 spiro atoms. The predicted octanol–water partition coefficient (Wildman–Crippen LogP) is 8.35. The van der Waals surface area contributed by atoms with Gasteiger partial charge in [-0.3, -0.25) is 9.59 Å². The molecule has 0 atom stereocenters. The zero-order chi connectivity index (χ0) is 32.5. The number of halogens is 2. The van der Waals surface area contributed by atoms with E-state index in [4.69, 9.17) is 32.7 Å². The fourth-order valence-corrected chi connectivity index (χ4v) is 5.19. The van der Waals surface area contributed by atoms with Gasteiger partial charge in [0.25, 0.3) is 11.8 Å². The van der Waals surface area contributed by atoms with Crippen LogP contribution in [0.1, 0.15) is 28.4 Å². The number of nitrogens with one attached hydrogen (secondary N) is 3. The molecule has 0 aliphatic carbocycles. The number of aryl methyl sites for hydroxylation is 1. The Bertz CT molecular complexity index is 1860. The number of aromatic nitrogens is 1. The van der Waals surface area contributed by atoms with E-state index in [9.17, 15) is 9.59 Å². The van der Waals surface area contributed by atoms with Gasteiger partial charge in [0.2, 0.25) is 0 Å². The number of hydrogen-bond donors (Lipinski definition) is 3. The molecule has 0 aliphatic rings. The number of anilines is 3. The first-order valence-electron chi connectivity index (χ1n) is 14.1. The highest BCUT2D eigenvalue weighted by molar-refractivity contribution is 7.14. The van der Waals surface area contributed by atoms with Crippen molar-refractivity contribution in [2.45, 2.75) is 13.8 Å². The number of hydrogen-bond acceptors (Lipinski definition) is 8. The molecule has 0 aliphatic heterocycles. The van der Waals surface area contributed by atoms with Crippen molar-refractivity contribution in [3.63, 3.8) is 0 Å². The third-order valence-electron chi connectivity index (χ3n) is 6.46. The second kappa shape index (κ2) is 15.4. The minimum atomic E-state index is -0.381. The van der Waals surface area contributed by atoms with E-state index in [0.717, 1.165) is 22.1 Å². The van der Waals surface area contributed by atoms with E-state index in [1.54, 1.807) is 48.5 Å². The maximum Gasteiger partial charge on any atom is 0.271 e. The van der Waals surface area contributed by atoms with E-state index in [1.165, 1.54) is 23.1 Å². The lowest BCUT2D eigenvalue weighted by atomic mass is 10.1. The monoisotopic (exact) mass is 673 g/mol. The highest BCUT2D eigenvalue weighted by Crippen LogP contribution is 2.29. The van der Waals surface area contributed by atoms with Gasteiger partial charge < -0.3 is 20.1 Å². The first-order valence-corrected chi connectivity index (χ1v) is 15.8. The number of carbonyl (C=O) groups excluding carboxylic acids is 2. The van der Waals surface area contributed by atoms with Crippen LogP contribution in [0.3, 0.4) is 0 Å². The van der Waals surface area contributed by atoms with Crippen molar-refractivity contribution in [2.24, 2.45) is 5.10 Å². The molecule has 1 aromatic heterocycles. The summed E-state index contributed by atoms with van der Waals surface area (Å²) in [6.07, 6.45) is 1.49. The molecular weight excluding hydrogens is 645 g/mol. The average Bonchev–Trinajstić information content (AvgIpc) is 3.52. The Kier molecular flexibility index (Phi) is 10.9. The highest BCUT2D eigenvalue weighted by Gasteiger charge is 2.11. The van der Waals surface area contributed by atoms with Gasteiger partial charge in [-0.25, -0.2) is 10.4 Å². The molecule has 0 unspecified atom stereocenters. The Morgan fingerprint density at radius 1 is 0.891 bits per heavy atom. The highest BCUT2D eigenvalue weighted by atomic mass is 35.5. The molecular formula is C34H29Cl2N5O4S. The Hall–Kier alpha value is -4.90. The van der Waals surface area contributed by atoms with Gasteiger partial charge >= 0.3 is 0 Å². The molecule has 2 amide bonds. The van der Waals surface area contributed by atoms with Gasteiger partial charge in [0.15, 0.2) is 23.2 Å². The predicted molar refractivity (Wildman–Crippen MR) is 185 cm³/mol. The van der Waals surface area contributed by atoms with E-state index < -0.39 is 0 Å². The number of hydrazone groups is 1. The number of amides is 2. The van der Waals surface area contributed by atoms with Crippen LogP contribution in [0, 0.1) is 6.92 Å². The van der Waals surface area contributed by atoms with Crippen LogP contribution >= 0.6 is 34.5 Å². The van der Waals surface area contributed by atoms with Gasteiger partial charge in [-0.05, 0) is 80.1 Å². The Balaban J connectivity index is 1.14. The van der Waals surface area contributed by atoms with Crippen LogP contribution in [0.5, 0.6) is 11.5 Å². The summed E-state index contributed by atoms with van der Waals surface area (Å²) in [6, 6.07) is 25.2. The van der Waals surface area contributed by atoms with Gasteiger partial charge in [-0.2, -0.15) is 5.10 Å². The van der Waals surface area contributed by atoms with Crippen LogP contribution in [0.25, 0.3) is 11.3 Å². The third-order valence-corrected chi connectivity index (χ3v) is 7.96. The smallest absolute Gasteiger partial charge is 0.271 e. The quantitative estimate of drug-likeness (QED) is 0.0906. The molecule has 0 saturated carbocycles. The molecule has 4 aromatic carbocycles. The van der Waals surface area contributed by atoms with Crippen LogP contribution in [-0.2, 0) is 4.79 Å². The lowest BCUT2D eigenvalue weighted by Crippen LogP contribution is -2.20. The number of rotatable bonds is 12. The van der Waals surface area contributed by atoms with Gasteiger partial charge in [0.1, 0.15) is 0 Å². The molecule has 12 heteroatoms. The average molecular weight is 675 g/mol. The summed E-state index contributed by atoms with van der Waals surface area (Å²) in [6.45, 7) is 4.01. The summed E-state index contributed by atoms with van der Waals surface area (Å²) in [4.78, 5) is 29.8. The second-order valence-corrected chi connectivity index (χ2v) is 11.6. The molecule has 5 rings (SSSR count). The first-order chi connectivity index (χ1) is 22.3. The number of ether oxygens (including phenoxy) is 2. The van der Waals surface area contributed by atoms with Crippen molar-refractivity contribution in [2.75, 3.05) is 23.8 Å². The maximum atomic E-state index is 12.7. The number of thiazole rings is 1. The third kappa shape index (κ3) is 8.85. The summed E-state index contributed by atoms with van der Waals surface area (Å²) < 4.78 is 11.4. The van der Waals surface area contributed by atoms with E-state index in [1.807, 2.05) is 55.6 Å². The Labute approximate surface area is 280 Å². The van der Waals surface area contributed by atoms with E-state index in [0.29, 0.717) is 45.0 Å². The fraction of sp³-hybridized carbons (Fsp3) is 0.118. The molecule has 0 fully saturated rings. The van der Waals surface area contributed by atoms with Gasteiger partial charge in [0.05, 0.1) is 28.6 Å². The van der Waals surface area contributed by atoms with Crippen molar-refractivity contribution in [1.82, 2.24) is 10.4 Å². The molecule has 5 aromatic rings. The first kappa shape index (κ1) is 32.5. The lowest BCUT2D eigenvalue weighted by molar-refractivity contribution is -0.118. The van der Waals surface area contributed by atoms with E-state index in [2.05, 4.69) is 26.1 Å². The topological polar surface area (TPSA) is 114 Å². The molecule has 3 N–H and O–H groups in total. The number of benzene rings is 4. The van der Waals surface area contributed by atoms with E-state index >= 15 is 0 Å². The fourth-order valence-electron chi connectivity index (χ4n) is 4.15. The number of nitrogens with zero attached hydrogens (tertiary/aromatic N) is 2. The molecule has 1 heterocycles. The van der Waals surface area contributed by atoms with Crippen molar-refractivity contribution in [1.29, 1.82) is 0 Å². The van der Waals surface area contributed by atoms with Gasteiger partial charge in [-0.1, -0.05) is 53.0 Å². The summed E-state index contributed by atoms with van der Waals surface area (Å²) in [5.74, 6) is 0.0648. The summed E-state index contributed by atoms with van der Waals surface area (Å²) >= 11 is 13.4. The van der Waals surface area contributed by atoms with Crippen LogP contribution in [0.4, 0.5) is 16.5 Å². The molecule has 0 bridgehead atoms. The zero-order valence-corrected chi connectivity index (χ0v) is 27.2. The standard InChI is InChI=1S/C34H29Cl2N5O4S/c1-3-44-31-16-22(6-15-30(31)45-19-32(42)38-26-13-14-27(35)28(36)17-26)18-37-41-33(43)24-9-7-23(8-10-24)29-20-46-34(40-29)39-25-11-4-21(2)5-12-25/h4-18,20H,3,19H2,1-2H3,(H,38,42)(H,39,40)(H,41,43)/b37-18+. The molecule has 46 heavy (non-hydrogen) atoms. The van der Waals surface area contributed by atoms with Crippen LogP contribution in [0.2, 0.25) is 10.0 Å². The Morgan fingerprint density at radius 3 is 2.39 bits per heavy atom. The van der Waals surface area contributed by atoms with Gasteiger partial charge in [0, 0.05) is 27.9 Å². The van der Waals surface area contributed by atoms with Crippen LogP contribution in [0.15, 0.2) is 95.4 Å². The van der Waals surface area contributed by atoms with E-state index in [-0.39, 0.29) is 18.4 Å². The molecule has 234 valence electrons. The minimum absolute atomic E-state index is 0.253. The van der Waals surface area contributed by atoms with Crippen molar-refractivity contribution in [3.8, 4) is 22.8 Å². The molecule has 0 radical (unpaired) electrons. The summed E-state index contributed by atoms with van der Waals surface area (Å²) in [7, 11) is 0. The SMILES string of the molecule is CCOc1cc(/C=N/NC(=O)c2ccc(-c3csc(Nc4ccc(C)cc4)n3)cc2)ccc1OCC(=O)Nc1ccc(Cl)c(Cl)c1. The maximum absolute atomic E-state index is 12.7. The van der Waals surface area contributed by atoms with Crippen LogP contribution in [-0.4, -0.2) is 36.2 Å². The van der Waals surface area contributed by atoms with Crippen molar-refractivity contribution < 1.29 is 19.1 Å². The normalized spacial score (nSPS) is 10.9. The molecule has 0 saturated heterocycles. The summed E-state index contributed by atoms with van der Waals surface area (Å²) in [5.41, 5.74) is 8.02. The number of carbonyl (C=O) groups is 2. The summed E-state index contributed by atoms with van der Waals surface area (Å²) in [5, 5.41) is 13.6. The second-order valence-electron chi connectivity index (χ2n) is 9.91. The van der Waals surface area contributed by atoms with Gasteiger partial charge in [-0.15, -0.1) is 11.3 Å². The zero-order valence-electron chi connectivity index (χ0n) is 24.8. The largest absolute Gasteiger partial charge is 0.490 e. The Morgan fingerprint density at radius 2 is 1.65 bits per heavy atom. The van der Waals surface area contributed by atoms with Crippen molar-refractivity contribution >= 4 is 69.1 Å². The minimum Gasteiger partial charge on any atom is -0.490 e. The molecule has 9 nitrogen and oxygen atoms in total. The lowest BCUT2D eigenvalue weighted by Gasteiger charge is -2.13. The van der Waals surface area contributed by atoms with Crippen LogP contribution < -0.4 is 25.5 Å². The van der Waals surface area contributed by atoms with Crippen molar-refractivity contribution in [3.05, 3.63) is 117 Å².